The summed E-state index contributed by atoms with van der Waals surface area (Å²) in [6, 6.07) is 2.40. The van der Waals surface area contributed by atoms with Crippen LogP contribution in [0.15, 0.2) is 18.2 Å². The molecule has 1 heterocycles. The van der Waals surface area contributed by atoms with Crippen molar-refractivity contribution >= 4 is 11.8 Å². The summed E-state index contributed by atoms with van der Waals surface area (Å²) >= 11 is 0. The van der Waals surface area contributed by atoms with Crippen LogP contribution in [0.3, 0.4) is 0 Å². The molecule has 2 atom stereocenters. The molecular formula is C20H27F2N3O3. The molecule has 1 aromatic rings. The van der Waals surface area contributed by atoms with Crippen LogP contribution in [-0.4, -0.2) is 59.1 Å². The molecule has 0 radical (unpaired) electrons. The van der Waals surface area contributed by atoms with Gasteiger partial charge in [0.05, 0.1) is 17.7 Å². The molecule has 154 valence electrons. The number of halogens is 2. The highest BCUT2D eigenvalue weighted by atomic mass is 19.1. The van der Waals surface area contributed by atoms with Gasteiger partial charge in [-0.05, 0) is 49.8 Å². The summed E-state index contributed by atoms with van der Waals surface area (Å²) in [6.07, 6.45) is 2.52. The molecule has 6 nitrogen and oxygen atoms in total. The molecule has 1 aliphatic carbocycles. The largest absolute Gasteiger partial charge is 0.390 e. The first kappa shape index (κ1) is 20.7. The average molecular weight is 395 g/mol. The van der Waals surface area contributed by atoms with Crippen LogP contribution in [0.4, 0.5) is 8.78 Å². The quantitative estimate of drug-likeness (QED) is 0.616. The van der Waals surface area contributed by atoms with Gasteiger partial charge in [0.2, 0.25) is 11.8 Å². The van der Waals surface area contributed by atoms with E-state index in [1.165, 1.54) is 19.1 Å². The van der Waals surface area contributed by atoms with E-state index in [9.17, 15) is 23.5 Å². The van der Waals surface area contributed by atoms with E-state index in [0.29, 0.717) is 5.56 Å². The smallest absolute Gasteiger partial charge is 0.242 e. The van der Waals surface area contributed by atoms with Gasteiger partial charge in [-0.1, -0.05) is 0 Å². The van der Waals surface area contributed by atoms with Crippen LogP contribution >= 0.6 is 0 Å². The van der Waals surface area contributed by atoms with Crippen LogP contribution in [0, 0.1) is 11.6 Å². The number of carbonyl (C=O) groups excluding carboxylic acids is 2. The molecular weight excluding hydrogens is 368 g/mol. The first-order chi connectivity index (χ1) is 13.3. The molecule has 8 heteroatoms. The Labute approximate surface area is 163 Å². The normalized spacial score (nSPS) is 19.9. The van der Waals surface area contributed by atoms with Gasteiger partial charge >= 0.3 is 0 Å². The van der Waals surface area contributed by atoms with Gasteiger partial charge in [-0.15, -0.1) is 0 Å². The average Bonchev–Trinajstić information content (AvgIpc) is 3.20. The van der Waals surface area contributed by atoms with E-state index in [1.807, 2.05) is 4.90 Å². The SMILES string of the molecule is CC(=O)NC(Cc1cc(F)cc(F)c1)C(O)CNC1(C(=O)N2CCCC2)CC1. The first-order valence-corrected chi connectivity index (χ1v) is 9.74. The number of hydrogen-bond acceptors (Lipinski definition) is 4. The van der Waals surface area contributed by atoms with Crippen molar-refractivity contribution in [1.29, 1.82) is 0 Å². The molecule has 3 N–H and O–H groups in total. The molecule has 0 spiro atoms. The predicted molar refractivity (Wildman–Crippen MR) is 99.5 cm³/mol. The number of hydrogen-bond donors (Lipinski definition) is 3. The molecule has 3 rings (SSSR count). The minimum Gasteiger partial charge on any atom is -0.390 e. The second kappa shape index (κ2) is 8.53. The van der Waals surface area contributed by atoms with Gasteiger partial charge in [0.15, 0.2) is 0 Å². The van der Waals surface area contributed by atoms with Crippen LogP contribution in [0.2, 0.25) is 0 Å². The maximum absolute atomic E-state index is 13.4. The first-order valence-electron chi connectivity index (χ1n) is 9.74. The van der Waals surface area contributed by atoms with Gasteiger partial charge in [-0.25, -0.2) is 8.78 Å². The van der Waals surface area contributed by atoms with Gasteiger partial charge in [0, 0.05) is 32.6 Å². The van der Waals surface area contributed by atoms with Crippen LogP contribution in [-0.2, 0) is 16.0 Å². The summed E-state index contributed by atoms with van der Waals surface area (Å²) in [5.74, 6) is -1.70. The van der Waals surface area contributed by atoms with E-state index < -0.39 is 29.3 Å². The van der Waals surface area contributed by atoms with Crippen LogP contribution in [0.5, 0.6) is 0 Å². The number of nitrogens with one attached hydrogen (secondary N) is 2. The summed E-state index contributed by atoms with van der Waals surface area (Å²) < 4.78 is 26.9. The zero-order chi connectivity index (χ0) is 20.3. The fourth-order valence-corrected chi connectivity index (χ4v) is 3.78. The van der Waals surface area contributed by atoms with Crippen molar-refractivity contribution in [3.63, 3.8) is 0 Å². The van der Waals surface area contributed by atoms with E-state index >= 15 is 0 Å². The molecule has 2 unspecified atom stereocenters. The number of β-amino-alcohol motifs (C(OH)–C–C–N with tert-alkyl or cyclic N) is 1. The molecule has 1 saturated carbocycles. The number of nitrogens with zero attached hydrogens (tertiary/aromatic N) is 1. The van der Waals surface area contributed by atoms with Gasteiger partial charge in [-0.2, -0.15) is 0 Å². The molecule has 2 aliphatic rings. The number of benzene rings is 1. The van der Waals surface area contributed by atoms with Gasteiger partial charge in [0.25, 0.3) is 0 Å². The Bertz CT molecular complexity index is 713. The van der Waals surface area contributed by atoms with E-state index in [1.54, 1.807) is 0 Å². The van der Waals surface area contributed by atoms with Crippen molar-refractivity contribution in [2.24, 2.45) is 0 Å². The third-order valence-electron chi connectivity index (χ3n) is 5.43. The van der Waals surface area contributed by atoms with E-state index in [-0.39, 0.29) is 24.8 Å². The lowest BCUT2D eigenvalue weighted by Crippen LogP contribution is -2.54. The lowest BCUT2D eigenvalue weighted by atomic mass is 10.00. The van der Waals surface area contributed by atoms with Crippen molar-refractivity contribution < 1.29 is 23.5 Å². The Morgan fingerprint density at radius 1 is 1.18 bits per heavy atom. The zero-order valence-corrected chi connectivity index (χ0v) is 16.0. The topological polar surface area (TPSA) is 81.7 Å². The van der Waals surface area contributed by atoms with Gasteiger partial charge in [0.1, 0.15) is 11.6 Å². The minimum absolute atomic E-state index is 0.0699. The van der Waals surface area contributed by atoms with Crippen molar-refractivity contribution in [2.45, 2.75) is 56.7 Å². The minimum atomic E-state index is -1.01. The fraction of sp³-hybridized carbons (Fsp3) is 0.600. The lowest BCUT2D eigenvalue weighted by molar-refractivity contribution is -0.133. The van der Waals surface area contributed by atoms with Crippen LogP contribution in [0.1, 0.15) is 38.2 Å². The number of aliphatic hydroxyl groups excluding tert-OH is 1. The molecule has 0 bridgehead atoms. The Balaban J connectivity index is 1.62. The van der Waals surface area contributed by atoms with Gasteiger partial charge in [-0.3, -0.25) is 9.59 Å². The fourth-order valence-electron chi connectivity index (χ4n) is 3.78. The number of amides is 2. The molecule has 2 fully saturated rings. The zero-order valence-electron chi connectivity index (χ0n) is 16.0. The monoisotopic (exact) mass is 395 g/mol. The van der Waals surface area contributed by atoms with Crippen molar-refractivity contribution in [2.75, 3.05) is 19.6 Å². The molecule has 0 aromatic heterocycles. The second-order valence-corrected chi connectivity index (χ2v) is 7.82. The summed E-state index contributed by atoms with van der Waals surface area (Å²) in [5, 5.41) is 16.4. The second-order valence-electron chi connectivity index (χ2n) is 7.82. The van der Waals surface area contributed by atoms with Crippen molar-refractivity contribution in [3.8, 4) is 0 Å². The maximum Gasteiger partial charge on any atom is 0.242 e. The molecule has 1 aromatic carbocycles. The molecule has 28 heavy (non-hydrogen) atoms. The van der Waals surface area contributed by atoms with E-state index in [0.717, 1.165) is 44.8 Å². The highest BCUT2D eigenvalue weighted by molar-refractivity contribution is 5.89. The van der Waals surface area contributed by atoms with Crippen molar-refractivity contribution in [3.05, 3.63) is 35.4 Å². The standard InChI is InChI=1S/C20H27F2N3O3/c1-13(26)24-17(10-14-8-15(21)11-16(22)9-14)18(27)12-23-20(4-5-20)19(28)25-6-2-3-7-25/h8-9,11,17-18,23,27H,2-7,10,12H2,1H3,(H,24,26). The number of rotatable bonds is 8. The van der Waals surface area contributed by atoms with Crippen LogP contribution < -0.4 is 10.6 Å². The predicted octanol–water partition coefficient (Wildman–Crippen LogP) is 1.12. The van der Waals surface area contributed by atoms with E-state index in [2.05, 4.69) is 10.6 Å². The van der Waals surface area contributed by atoms with Crippen molar-refractivity contribution in [1.82, 2.24) is 15.5 Å². The number of carbonyl (C=O) groups is 2. The van der Waals surface area contributed by atoms with Crippen LogP contribution in [0.25, 0.3) is 0 Å². The third-order valence-corrected chi connectivity index (χ3v) is 5.43. The van der Waals surface area contributed by atoms with E-state index in [4.69, 9.17) is 0 Å². The Morgan fingerprint density at radius 3 is 2.32 bits per heavy atom. The molecule has 1 saturated heterocycles. The Morgan fingerprint density at radius 2 is 1.79 bits per heavy atom. The number of aliphatic hydroxyl groups is 1. The highest BCUT2D eigenvalue weighted by Crippen LogP contribution is 2.38. The lowest BCUT2D eigenvalue weighted by Gasteiger charge is -2.28. The Kier molecular flexibility index (Phi) is 6.30. The summed E-state index contributed by atoms with van der Waals surface area (Å²) in [7, 11) is 0. The molecule has 1 aliphatic heterocycles. The summed E-state index contributed by atoms with van der Waals surface area (Å²) in [5.41, 5.74) is -0.290. The maximum atomic E-state index is 13.4. The number of likely N-dealkylation sites (tertiary alicyclic amines) is 1. The van der Waals surface area contributed by atoms with Gasteiger partial charge < -0.3 is 20.6 Å². The molecule has 2 amide bonds. The summed E-state index contributed by atoms with van der Waals surface area (Å²) in [4.78, 5) is 26.1. The highest BCUT2D eigenvalue weighted by Gasteiger charge is 2.52. The summed E-state index contributed by atoms with van der Waals surface area (Å²) in [6.45, 7) is 2.95. The Hall–Kier alpha value is -2.06. The third kappa shape index (κ3) is 5.05.